The van der Waals surface area contributed by atoms with Crippen LogP contribution in [-0.4, -0.2) is 62.8 Å². The van der Waals surface area contributed by atoms with E-state index in [0.717, 1.165) is 16.7 Å². The van der Waals surface area contributed by atoms with E-state index in [9.17, 15) is 30.0 Å². The molecule has 1 amide bonds. The van der Waals surface area contributed by atoms with E-state index in [1.54, 1.807) is 25.1 Å². The number of ketones is 1. The van der Waals surface area contributed by atoms with Gasteiger partial charge in [-0.25, -0.2) is 0 Å². The average molecular weight is 506 g/mol. The number of aromatic hydroxyl groups is 1. The number of hydrogen-bond acceptors (Lipinski definition) is 8. The molecule has 8 N–H and O–H groups in total. The number of fused-ring (bicyclic) bond motifs is 3. The summed E-state index contributed by atoms with van der Waals surface area (Å²) in [5.74, 6) is -3.64. The number of carbonyl (C=O) groups excluding carboxylic acids is 2. The molecular formula is C28H31N3O6. The number of carbonyl (C=O) groups is 2. The van der Waals surface area contributed by atoms with Crippen molar-refractivity contribution < 1.29 is 30.0 Å². The number of nitrogens with two attached hydrogens (primary N) is 2. The molecule has 4 atom stereocenters. The fourth-order valence-corrected chi connectivity index (χ4v) is 6.42. The summed E-state index contributed by atoms with van der Waals surface area (Å²) in [6, 6.07) is 10.1. The van der Waals surface area contributed by atoms with Crippen molar-refractivity contribution in [2.45, 2.75) is 37.5 Å². The summed E-state index contributed by atoms with van der Waals surface area (Å²) in [5.41, 5.74) is 12.5. The van der Waals surface area contributed by atoms with E-state index >= 15 is 0 Å². The lowest BCUT2D eigenvalue weighted by Gasteiger charge is -2.51. The normalized spacial score (nSPS) is 27.2. The fourth-order valence-electron chi connectivity index (χ4n) is 6.42. The van der Waals surface area contributed by atoms with Crippen LogP contribution >= 0.6 is 0 Å². The highest BCUT2D eigenvalue weighted by Crippen LogP contribution is 2.53. The minimum atomic E-state index is -2.05. The van der Waals surface area contributed by atoms with Crippen molar-refractivity contribution in [2.75, 3.05) is 14.1 Å². The summed E-state index contributed by atoms with van der Waals surface area (Å²) in [7, 11) is 3.38. The van der Waals surface area contributed by atoms with Gasteiger partial charge in [-0.05, 0) is 61.2 Å². The molecule has 9 nitrogen and oxygen atoms in total. The van der Waals surface area contributed by atoms with Crippen LogP contribution in [0.5, 0.6) is 5.75 Å². The lowest BCUT2D eigenvalue weighted by atomic mass is 9.57. The zero-order valence-corrected chi connectivity index (χ0v) is 20.7. The first-order chi connectivity index (χ1) is 17.5. The second kappa shape index (κ2) is 8.72. The van der Waals surface area contributed by atoms with Crippen LogP contribution in [0.1, 0.15) is 29.5 Å². The number of benzene rings is 2. The molecule has 2 aromatic rings. The van der Waals surface area contributed by atoms with E-state index in [2.05, 4.69) is 0 Å². The molecule has 0 aliphatic heterocycles. The Bertz CT molecular complexity index is 1380. The molecule has 0 heterocycles. The number of aliphatic hydroxyl groups is 3. The lowest BCUT2D eigenvalue weighted by molar-refractivity contribution is -0.151. The van der Waals surface area contributed by atoms with Crippen LogP contribution in [0.15, 0.2) is 53.3 Å². The molecule has 1 saturated carbocycles. The van der Waals surface area contributed by atoms with E-state index in [1.165, 1.54) is 6.07 Å². The number of amides is 1. The molecule has 3 aliphatic carbocycles. The predicted molar refractivity (Wildman–Crippen MR) is 137 cm³/mol. The van der Waals surface area contributed by atoms with Crippen molar-refractivity contribution in [3.63, 3.8) is 0 Å². The maximum Gasteiger partial charge on any atom is 0.248 e. The highest BCUT2D eigenvalue weighted by Gasteiger charge is 2.60. The summed E-state index contributed by atoms with van der Waals surface area (Å²) < 4.78 is 0. The third-order valence-corrected chi connectivity index (χ3v) is 8.20. The molecule has 0 spiro atoms. The van der Waals surface area contributed by atoms with Gasteiger partial charge in [-0.15, -0.1) is 0 Å². The molecule has 1 fully saturated rings. The predicted octanol–water partition coefficient (Wildman–Crippen LogP) is 1.91. The van der Waals surface area contributed by atoms with Gasteiger partial charge >= 0.3 is 0 Å². The summed E-state index contributed by atoms with van der Waals surface area (Å²) in [6.45, 7) is 0.404. The van der Waals surface area contributed by atoms with Crippen LogP contribution in [-0.2, 0) is 22.6 Å². The number of nitrogens with zero attached hydrogens (tertiary/aromatic N) is 1. The molecule has 4 unspecified atom stereocenters. The van der Waals surface area contributed by atoms with Crippen LogP contribution in [0.3, 0.4) is 0 Å². The Morgan fingerprint density at radius 3 is 2.38 bits per heavy atom. The van der Waals surface area contributed by atoms with E-state index in [0.29, 0.717) is 18.5 Å². The van der Waals surface area contributed by atoms with Gasteiger partial charge in [-0.2, -0.15) is 0 Å². The summed E-state index contributed by atoms with van der Waals surface area (Å²) >= 11 is 0. The van der Waals surface area contributed by atoms with Crippen LogP contribution in [0.4, 0.5) is 0 Å². The molecule has 5 rings (SSSR count). The van der Waals surface area contributed by atoms with Crippen molar-refractivity contribution in [3.8, 4) is 16.9 Å². The monoisotopic (exact) mass is 505 g/mol. The van der Waals surface area contributed by atoms with Gasteiger partial charge < -0.3 is 31.9 Å². The largest absolute Gasteiger partial charge is 0.510 e. The number of phenols is 1. The number of aliphatic hydroxyl groups excluding tert-OH is 2. The van der Waals surface area contributed by atoms with Gasteiger partial charge in [0.05, 0.1) is 17.2 Å². The first-order valence-electron chi connectivity index (χ1n) is 12.2. The molecule has 0 aromatic heterocycles. The molecule has 3 aliphatic rings. The van der Waals surface area contributed by atoms with Gasteiger partial charge in [0, 0.05) is 24.5 Å². The molecule has 194 valence electrons. The zero-order valence-electron chi connectivity index (χ0n) is 20.7. The van der Waals surface area contributed by atoms with E-state index < -0.39 is 41.6 Å². The Labute approximate surface area is 214 Å². The molecule has 0 bridgehead atoms. The van der Waals surface area contributed by atoms with Gasteiger partial charge in [-0.3, -0.25) is 14.5 Å². The van der Waals surface area contributed by atoms with Crippen LogP contribution in [0, 0.1) is 11.8 Å². The average Bonchev–Trinajstić information content (AvgIpc) is 2.85. The quantitative estimate of drug-likeness (QED) is 0.366. The molecular weight excluding hydrogens is 474 g/mol. The van der Waals surface area contributed by atoms with Crippen LogP contribution in [0.2, 0.25) is 0 Å². The van der Waals surface area contributed by atoms with Gasteiger partial charge in [0.1, 0.15) is 22.9 Å². The smallest absolute Gasteiger partial charge is 0.248 e. The maximum atomic E-state index is 13.9. The second-order valence-corrected chi connectivity index (χ2v) is 10.5. The Balaban J connectivity index is 1.67. The van der Waals surface area contributed by atoms with Crippen molar-refractivity contribution in [1.29, 1.82) is 0 Å². The topological polar surface area (TPSA) is 170 Å². The first kappa shape index (κ1) is 25.0. The highest BCUT2D eigenvalue weighted by molar-refractivity contribution is 6.10. The van der Waals surface area contributed by atoms with Crippen molar-refractivity contribution in [1.82, 2.24) is 4.90 Å². The van der Waals surface area contributed by atoms with Crippen molar-refractivity contribution in [2.24, 2.45) is 23.3 Å². The van der Waals surface area contributed by atoms with E-state index in [4.69, 9.17) is 11.5 Å². The van der Waals surface area contributed by atoms with E-state index in [-0.39, 0.29) is 40.4 Å². The highest BCUT2D eigenvalue weighted by atomic mass is 16.3. The standard InChI is InChI=1S/C28H31N3O6/c1-31(2)23-19-10-15-9-17-16(14-5-3-13(12-29)4-6-14)7-8-20(32)22(17)25(34)21(15)26(35)28(19,37)11-18(24(23)33)27(30)36/h3-8,15,19,23,32-34,37H,9-12,29H2,1-2H3,(H2,30,36). The number of phenolic OH excluding ortho intramolecular Hbond substituents is 1. The Morgan fingerprint density at radius 1 is 1.11 bits per heavy atom. The third-order valence-electron chi connectivity index (χ3n) is 8.20. The Morgan fingerprint density at radius 2 is 1.78 bits per heavy atom. The zero-order chi connectivity index (χ0) is 26.8. The second-order valence-electron chi connectivity index (χ2n) is 10.5. The van der Waals surface area contributed by atoms with Crippen LogP contribution in [0.25, 0.3) is 16.9 Å². The van der Waals surface area contributed by atoms with Crippen molar-refractivity contribution in [3.05, 3.63) is 70.0 Å². The molecule has 0 radical (unpaired) electrons. The molecule has 9 heteroatoms. The minimum Gasteiger partial charge on any atom is -0.510 e. The number of Topliss-reactive ketones (excluding diaryl/α,β-unsaturated/α-hetero) is 1. The minimum absolute atomic E-state index is 0.0277. The summed E-state index contributed by atoms with van der Waals surface area (Å²) in [4.78, 5) is 27.6. The maximum absolute atomic E-state index is 13.9. The summed E-state index contributed by atoms with van der Waals surface area (Å²) in [5, 5.41) is 44.7. The molecule has 0 saturated heterocycles. The number of primary amides is 1. The van der Waals surface area contributed by atoms with E-state index in [1.807, 2.05) is 24.3 Å². The number of rotatable bonds is 4. The van der Waals surface area contributed by atoms with Gasteiger partial charge in [-0.1, -0.05) is 30.3 Å². The SMILES string of the molecule is CN(C)C1C(O)=C(C(N)=O)CC2(O)C(=O)C3=C(O)c4c(O)ccc(-c5ccc(CN)cc5)c4CC3CC12. The number of hydrogen-bond donors (Lipinski definition) is 6. The lowest BCUT2D eigenvalue weighted by Crippen LogP contribution is -2.62. The Kier molecular flexibility index (Phi) is 5.90. The first-order valence-corrected chi connectivity index (χ1v) is 12.2. The number of likely N-dealkylation sites (N-methyl/N-ethyl adjacent to an activating group) is 1. The fraction of sp³-hybridized carbons (Fsp3) is 0.357. The van der Waals surface area contributed by atoms with Gasteiger partial charge in [0.15, 0.2) is 5.78 Å². The molecule has 2 aromatic carbocycles. The third kappa shape index (κ3) is 3.65. The molecule has 37 heavy (non-hydrogen) atoms. The Hall–Kier alpha value is -3.66. The van der Waals surface area contributed by atoms with Gasteiger partial charge in [0.25, 0.3) is 0 Å². The van der Waals surface area contributed by atoms with Crippen molar-refractivity contribution >= 4 is 17.4 Å². The van der Waals surface area contributed by atoms with Gasteiger partial charge in [0.2, 0.25) is 5.91 Å². The summed E-state index contributed by atoms with van der Waals surface area (Å²) in [6.07, 6.45) is 0.155. The van der Waals surface area contributed by atoms with Crippen LogP contribution < -0.4 is 11.5 Å².